The van der Waals surface area contributed by atoms with Crippen molar-refractivity contribution >= 4 is 34.9 Å². The highest BCUT2D eigenvalue weighted by atomic mass is 35.5. The topological polar surface area (TPSA) is 38.3 Å². The van der Waals surface area contributed by atoms with E-state index in [9.17, 15) is 4.79 Å². The third kappa shape index (κ3) is 2.15. The number of cyclic esters (lactones) is 1. The number of rotatable bonds is 2. The van der Waals surface area contributed by atoms with Gasteiger partial charge >= 0.3 is 5.97 Å². The van der Waals surface area contributed by atoms with Crippen LogP contribution in [0.1, 0.15) is 22.1 Å². The second kappa shape index (κ2) is 4.76. The van der Waals surface area contributed by atoms with Crippen LogP contribution in [-0.4, -0.2) is 5.97 Å². The number of nitrogens with one attached hydrogen (secondary N) is 1. The summed E-state index contributed by atoms with van der Waals surface area (Å²) < 4.78 is 5.28. The maximum Gasteiger partial charge on any atom is 0.340 e. The van der Waals surface area contributed by atoms with E-state index in [-0.39, 0.29) is 5.97 Å². The fraction of sp³-hybridized carbons (Fsp3) is 0.0714. The summed E-state index contributed by atoms with van der Waals surface area (Å²) in [6, 6.07) is 12.4. The summed E-state index contributed by atoms with van der Waals surface area (Å²) in [6.45, 7) is 0. The van der Waals surface area contributed by atoms with E-state index in [1.165, 1.54) is 0 Å². The smallest absolute Gasteiger partial charge is 0.340 e. The average molecular weight is 294 g/mol. The van der Waals surface area contributed by atoms with Crippen molar-refractivity contribution in [2.45, 2.75) is 6.23 Å². The molecule has 1 aliphatic rings. The Morgan fingerprint density at radius 1 is 1.00 bits per heavy atom. The summed E-state index contributed by atoms with van der Waals surface area (Å²) in [5.74, 6) is -0.351. The van der Waals surface area contributed by atoms with Crippen molar-refractivity contribution in [1.82, 2.24) is 0 Å². The van der Waals surface area contributed by atoms with Gasteiger partial charge in [0.15, 0.2) is 0 Å². The number of esters is 1. The summed E-state index contributed by atoms with van der Waals surface area (Å²) in [5.41, 5.74) is 1.90. The Labute approximate surface area is 120 Å². The van der Waals surface area contributed by atoms with E-state index in [1.54, 1.807) is 30.3 Å². The van der Waals surface area contributed by atoms with E-state index in [0.29, 0.717) is 21.3 Å². The SMILES string of the molecule is O=C1OC(Nc2c(Cl)cccc2Cl)c2ccccc21. The van der Waals surface area contributed by atoms with E-state index in [4.69, 9.17) is 27.9 Å². The molecular weight excluding hydrogens is 285 g/mol. The molecule has 1 aliphatic heterocycles. The number of hydrogen-bond donors (Lipinski definition) is 1. The van der Waals surface area contributed by atoms with Crippen LogP contribution in [0.5, 0.6) is 0 Å². The lowest BCUT2D eigenvalue weighted by Crippen LogP contribution is -2.10. The van der Waals surface area contributed by atoms with Gasteiger partial charge in [-0.1, -0.05) is 47.5 Å². The van der Waals surface area contributed by atoms with Gasteiger partial charge in [-0.05, 0) is 18.2 Å². The number of benzene rings is 2. The van der Waals surface area contributed by atoms with Gasteiger partial charge < -0.3 is 10.1 Å². The third-order valence-corrected chi connectivity index (χ3v) is 3.56. The summed E-state index contributed by atoms with van der Waals surface area (Å²) in [4.78, 5) is 11.7. The minimum atomic E-state index is -0.568. The monoisotopic (exact) mass is 293 g/mol. The molecule has 0 spiro atoms. The Kier molecular flexibility index (Phi) is 3.09. The average Bonchev–Trinajstić information content (AvgIpc) is 2.72. The zero-order chi connectivity index (χ0) is 13.4. The largest absolute Gasteiger partial charge is 0.434 e. The van der Waals surface area contributed by atoms with Crippen LogP contribution >= 0.6 is 23.2 Å². The van der Waals surface area contributed by atoms with Gasteiger partial charge in [-0.2, -0.15) is 0 Å². The molecule has 2 aromatic rings. The Morgan fingerprint density at radius 2 is 1.68 bits per heavy atom. The van der Waals surface area contributed by atoms with Crippen LogP contribution in [0.15, 0.2) is 42.5 Å². The first-order valence-electron chi connectivity index (χ1n) is 5.67. The first kappa shape index (κ1) is 12.3. The zero-order valence-electron chi connectivity index (χ0n) is 9.69. The number of carbonyl (C=O) groups excluding carboxylic acids is 1. The fourth-order valence-electron chi connectivity index (χ4n) is 2.02. The van der Waals surface area contributed by atoms with Crippen LogP contribution in [-0.2, 0) is 4.74 Å². The fourth-order valence-corrected chi connectivity index (χ4v) is 2.53. The summed E-state index contributed by atoms with van der Waals surface area (Å²) in [6.07, 6.45) is -0.568. The molecule has 1 atom stereocenters. The molecule has 3 nitrogen and oxygen atoms in total. The Balaban J connectivity index is 1.96. The van der Waals surface area contributed by atoms with E-state index in [1.807, 2.05) is 12.1 Å². The number of fused-ring (bicyclic) bond motifs is 1. The lowest BCUT2D eigenvalue weighted by atomic mass is 10.1. The molecule has 0 aromatic heterocycles. The van der Waals surface area contributed by atoms with Gasteiger partial charge in [0.2, 0.25) is 6.23 Å². The van der Waals surface area contributed by atoms with Crippen LogP contribution in [0.25, 0.3) is 0 Å². The van der Waals surface area contributed by atoms with E-state index < -0.39 is 6.23 Å². The van der Waals surface area contributed by atoms with Crippen molar-refractivity contribution in [2.75, 3.05) is 5.32 Å². The van der Waals surface area contributed by atoms with Crippen LogP contribution in [0.2, 0.25) is 10.0 Å². The normalized spacial score (nSPS) is 16.9. The van der Waals surface area contributed by atoms with Crippen LogP contribution in [0.3, 0.4) is 0 Å². The predicted molar refractivity (Wildman–Crippen MR) is 74.7 cm³/mol. The van der Waals surface area contributed by atoms with Crippen molar-refractivity contribution < 1.29 is 9.53 Å². The highest BCUT2D eigenvalue weighted by Gasteiger charge is 2.31. The van der Waals surface area contributed by atoms with Gasteiger partial charge in [-0.15, -0.1) is 0 Å². The molecule has 96 valence electrons. The van der Waals surface area contributed by atoms with Crippen LogP contribution < -0.4 is 5.32 Å². The van der Waals surface area contributed by atoms with Crippen LogP contribution in [0.4, 0.5) is 5.69 Å². The number of carbonyl (C=O) groups is 1. The third-order valence-electron chi connectivity index (χ3n) is 2.93. The van der Waals surface area contributed by atoms with Gasteiger partial charge in [0.1, 0.15) is 0 Å². The van der Waals surface area contributed by atoms with Gasteiger partial charge in [-0.25, -0.2) is 4.79 Å². The molecule has 0 aliphatic carbocycles. The first-order chi connectivity index (χ1) is 9.16. The highest BCUT2D eigenvalue weighted by Crippen LogP contribution is 2.36. The van der Waals surface area contributed by atoms with E-state index >= 15 is 0 Å². The van der Waals surface area contributed by atoms with Crippen molar-refractivity contribution in [3.63, 3.8) is 0 Å². The molecule has 0 saturated heterocycles. The number of halogens is 2. The maximum atomic E-state index is 11.7. The lowest BCUT2D eigenvalue weighted by molar-refractivity contribution is 0.0437. The van der Waals surface area contributed by atoms with Gasteiger partial charge in [0.25, 0.3) is 0 Å². The molecule has 2 aromatic carbocycles. The molecule has 0 saturated carbocycles. The Morgan fingerprint density at radius 3 is 2.42 bits per heavy atom. The molecule has 0 amide bonds. The van der Waals surface area contributed by atoms with Gasteiger partial charge in [0, 0.05) is 5.56 Å². The second-order valence-electron chi connectivity index (χ2n) is 4.11. The Hall–Kier alpha value is -1.71. The molecule has 1 heterocycles. The van der Waals surface area contributed by atoms with E-state index in [2.05, 4.69) is 5.32 Å². The highest BCUT2D eigenvalue weighted by molar-refractivity contribution is 6.39. The number of para-hydroxylation sites is 1. The van der Waals surface area contributed by atoms with Crippen LogP contribution in [0, 0.1) is 0 Å². The lowest BCUT2D eigenvalue weighted by Gasteiger charge is -2.16. The Bertz CT molecular complexity index is 637. The number of ether oxygens (including phenoxy) is 1. The zero-order valence-corrected chi connectivity index (χ0v) is 11.2. The molecular formula is C14H9Cl2NO2. The van der Waals surface area contributed by atoms with Gasteiger partial charge in [0.05, 0.1) is 21.3 Å². The van der Waals surface area contributed by atoms with Gasteiger partial charge in [-0.3, -0.25) is 0 Å². The van der Waals surface area contributed by atoms with Crippen molar-refractivity contribution in [3.8, 4) is 0 Å². The van der Waals surface area contributed by atoms with Crippen molar-refractivity contribution in [1.29, 1.82) is 0 Å². The molecule has 0 bridgehead atoms. The molecule has 1 N–H and O–H groups in total. The van der Waals surface area contributed by atoms with E-state index in [0.717, 1.165) is 5.56 Å². The summed E-state index contributed by atoms with van der Waals surface area (Å²) >= 11 is 12.2. The summed E-state index contributed by atoms with van der Waals surface area (Å²) in [7, 11) is 0. The second-order valence-corrected chi connectivity index (χ2v) is 4.93. The quantitative estimate of drug-likeness (QED) is 0.840. The molecule has 19 heavy (non-hydrogen) atoms. The number of hydrogen-bond acceptors (Lipinski definition) is 3. The molecule has 0 radical (unpaired) electrons. The minimum Gasteiger partial charge on any atom is -0.434 e. The summed E-state index contributed by atoms with van der Waals surface area (Å²) in [5, 5.41) is 4.02. The molecule has 1 unspecified atom stereocenters. The van der Waals surface area contributed by atoms with Crippen molar-refractivity contribution in [2.24, 2.45) is 0 Å². The molecule has 5 heteroatoms. The predicted octanol–water partition coefficient (Wildman–Crippen LogP) is 4.27. The molecule has 3 rings (SSSR count). The maximum absolute atomic E-state index is 11.7. The first-order valence-corrected chi connectivity index (χ1v) is 6.43. The molecule has 0 fully saturated rings. The standard InChI is InChI=1S/C14H9Cl2NO2/c15-10-6-3-7-11(16)12(10)17-13-8-4-1-2-5-9(8)14(18)19-13/h1-7,13,17H. The minimum absolute atomic E-state index is 0.351. The van der Waals surface area contributed by atoms with Crippen molar-refractivity contribution in [3.05, 3.63) is 63.6 Å². The number of anilines is 1.